The van der Waals surface area contributed by atoms with Gasteiger partial charge in [-0.25, -0.2) is 0 Å². The van der Waals surface area contributed by atoms with Crippen LogP contribution in [0.15, 0.2) is 0 Å². The zero-order chi connectivity index (χ0) is 5.91. The van der Waals surface area contributed by atoms with Crippen LogP contribution in [-0.4, -0.2) is 13.3 Å². The summed E-state index contributed by atoms with van der Waals surface area (Å²) < 4.78 is 18.4. The molecule has 0 aliphatic carbocycles. The number of rotatable bonds is 2. The molecule has 5 heteroatoms. The Hall–Kier alpha value is 0.500. The fraction of sp³-hybridized carbons (Fsp3) is 1.00. The van der Waals surface area contributed by atoms with Gasteiger partial charge in [0.15, 0.2) is 0 Å². The van der Waals surface area contributed by atoms with E-state index in [1.807, 2.05) is 0 Å². The molecule has 0 spiro atoms. The van der Waals surface area contributed by atoms with Gasteiger partial charge in [0.05, 0.1) is 0 Å². The third-order valence-electron chi connectivity index (χ3n) is 0.213. The van der Waals surface area contributed by atoms with E-state index in [1.54, 1.807) is 0 Å². The average molecular weight is 142 g/mol. The van der Waals surface area contributed by atoms with Gasteiger partial charge in [-0.3, -0.25) is 4.57 Å². The molecule has 0 atom stereocenters. The Morgan fingerprint density at radius 1 is 1.57 bits per heavy atom. The number of hydrogen-bond donors (Lipinski definition) is 1. The van der Waals surface area contributed by atoms with Crippen molar-refractivity contribution in [2.45, 2.75) is 0 Å². The van der Waals surface area contributed by atoms with E-state index in [9.17, 15) is 4.57 Å². The molecule has 0 radical (unpaired) electrons. The summed E-state index contributed by atoms with van der Waals surface area (Å²) in [4.78, 5) is 0. The van der Waals surface area contributed by atoms with Crippen molar-refractivity contribution in [2.24, 2.45) is 0 Å². The summed E-state index contributed by atoms with van der Waals surface area (Å²) in [6.07, 6.45) is 0. The van der Waals surface area contributed by atoms with Gasteiger partial charge < -0.3 is 0 Å². The summed E-state index contributed by atoms with van der Waals surface area (Å²) in [7, 11) is -2.46. The maximum atomic E-state index is 10.4. The first kappa shape index (κ1) is 7.50. The van der Waals surface area contributed by atoms with Gasteiger partial charge in [0.2, 0.25) is 7.37 Å². The molecule has 0 aliphatic rings. The van der Waals surface area contributed by atoms with Crippen LogP contribution < -0.4 is 0 Å². The summed E-state index contributed by atoms with van der Waals surface area (Å²) in [6.45, 7) is 2.87. The largest absolute Gasteiger partial charge is 0.291 e. The molecule has 0 saturated carbocycles. The Morgan fingerprint density at radius 3 is 2.00 bits per heavy atom. The van der Waals surface area contributed by atoms with Crippen LogP contribution in [0.3, 0.4) is 0 Å². The molecule has 0 aromatic rings. The van der Waals surface area contributed by atoms with Crippen LogP contribution in [0.25, 0.3) is 0 Å². The average Bonchev–Trinajstić information content (AvgIpc) is 1.30. The topological polar surface area (TPSA) is 35.5 Å². The third-order valence-corrected chi connectivity index (χ3v) is 0.839. The van der Waals surface area contributed by atoms with Crippen LogP contribution >= 0.6 is 20.3 Å². The van der Waals surface area contributed by atoms with Crippen molar-refractivity contribution in [1.29, 1.82) is 0 Å². The lowest BCUT2D eigenvalue weighted by Gasteiger charge is -1.99. The predicted octanol–water partition coefficient (Wildman–Crippen LogP) is 1.32. The van der Waals surface area contributed by atoms with Crippen LogP contribution in [0.5, 0.6) is 0 Å². The van der Waals surface area contributed by atoms with Gasteiger partial charge >= 0.3 is 0 Å². The van der Waals surface area contributed by atoms with E-state index in [0.29, 0.717) is 0 Å². The lowest BCUT2D eigenvalue weighted by molar-refractivity contribution is -0.0692. The molecular weight excluding hydrogens is 135 g/mol. The highest BCUT2D eigenvalue weighted by molar-refractivity contribution is 7.75. The zero-order valence-corrected chi connectivity index (χ0v) is 5.91. The first-order valence-electron chi connectivity index (χ1n) is 1.61. The predicted molar refractivity (Wildman–Crippen MR) is 30.6 cm³/mol. The van der Waals surface area contributed by atoms with E-state index in [-0.39, 0.29) is 0 Å². The van der Waals surface area contributed by atoms with E-state index < -0.39 is 7.37 Å². The molecule has 0 N–H and O–H groups in total. The van der Waals surface area contributed by atoms with Crippen molar-refractivity contribution in [3.63, 3.8) is 0 Å². The Morgan fingerprint density at radius 2 is 2.00 bits per heavy atom. The van der Waals surface area contributed by atoms with Crippen LogP contribution in [0, 0.1) is 0 Å². The van der Waals surface area contributed by atoms with E-state index >= 15 is 0 Å². The molecule has 0 rings (SSSR count). The van der Waals surface area contributed by atoms with Crippen LogP contribution in [0.1, 0.15) is 0 Å². The Bertz CT molecular complexity index is 86.9. The quantitative estimate of drug-likeness (QED) is 0.207. The molecule has 7 heavy (non-hydrogen) atoms. The normalized spacial score (nSPS) is 11.9. The molecule has 0 aliphatic heterocycles. The Kier molecular flexibility index (Phi) is 2.92. The molecule has 0 aromatic heterocycles. The highest BCUT2D eigenvalue weighted by atomic mass is 32.1. The maximum Gasteiger partial charge on any atom is 0.231 e. The standard InChI is InChI=1S/C2H7O3PS/c1-6(2,3)4-5-7/h7H,1-2H3. The molecule has 3 nitrogen and oxygen atoms in total. The second kappa shape index (κ2) is 2.72. The molecule has 0 bridgehead atoms. The summed E-state index contributed by atoms with van der Waals surface area (Å²) in [5, 5.41) is 0. The van der Waals surface area contributed by atoms with Crippen molar-refractivity contribution in [3.8, 4) is 0 Å². The molecule has 0 aromatic carbocycles. The molecule has 0 amide bonds. The van der Waals surface area contributed by atoms with Crippen LogP contribution in [0.4, 0.5) is 0 Å². The van der Waals surface area contributed by atoms with Crippen molar-refractivity contribution >= 4 is 20.3 Å². The van der Waals surface area contributed by atoms with Crippen LogP contribution in [0.2, 0.25) is 0 Å². The van der Waals surface area contributed by atoms with E-state index in [1.165, 1.54) is 13.3 Å². The monoisotopic (exact) mass is 142 g/mol. The summed E-state index contributed by atoms with van der Waals surface area (Å²) in [6, 6.07) is 0. The number of hydrogen-bond acceptors (Lipinski definition) is 4. The van der Waals surface area contributed by atoms with Crippen molar-refractivity contribution in [1.82, 2.24) is 0 Å². The smallest absolute Gasteiger partial charge is 0.231 e. The minimum absolute atomic E-state index is 1.43. The highest BCUT2D eigenvalue weighted by Gasteiger charge is 2.05. The van der Waals surface area contributed by atoms with Crippen molar-refractivity contribution in [2.75, 3.05) is 13.3 Å². The van der Waals surface area contributed by atoms with Crippen LogP contribution in [-0.2, 0) is 13.6 Å². The summed E-state index contributed by atoms with van der Waals surface area (Å²) in [5.41, 5.74) is 0. The maximum absolute atomic E-state index is 10.4. The summed E-state index contributed by atoms with van der Waals surface area (Å²) in [5.74, 6) is 0. The molecule has 0 unspecified atom stereocenters. The van der Waals surface area contributed by atoms with E-state index in [4.69, 9.17) is 0 Å². The van der Waals surface area contributed by atoms with Gasteiger partial charge in [0.25, 0.3) is 0 Å². The van der Waals surface area contributed by atoms with Gasteiger partial charge in [-0.1, -0.05) is 0 Å². The second-order valence-electron chi connectivity index (χ2n) is 1.40. The van der Waals surface area contributed by atoms with Gasteiger partial charge in [0.1, 0.15) is 0 Å². The van der Waals surface area contributed by atoms with Gasteiger partial charge in [0, 0.05) is 26.2 Å². The minimum Gasteiger partial charge on any atom is -0.291 e. The third kappa shape index (κ3) is 6.50. The lowest BCUT2D eigenvalue weighted by atomic mass is 11.9. The summed E-state index contributed by atoms with van der Waals surface area (Å²) >= 11 is 3.22. The van der Waals surface area contributed by atoms with Gasteiger partial charge in [-0.05, 0) is 0 Å². The van der Waals surface area contributed by atoms with Crippen molar-refractivity contribution < 1.29 is 13.6 Å². The number of thiol groups is 1. The molecule has 44 valence electrons. The van der Waals surface area contributed by atoms with Gasteiger partial charge in [-0.2, -0.15) is 9.01 Å². The SMILES string of the molecule is CP(C)(=O)OOS. The fourth-order valence-corrected chi connectivity index (χ4v) is 0.722. The molecular formula is C2H7O3PS. The first-order valence-corrected chi connectivity index (χ1v) is 4.49. The fourth-order valence-electron chi connectivity index (χ4n) is 0.0803. The molecule has 0 heterocycles. The van der Waals surface area contributed by atoms with E-state index in [2.05, 4.69) is 21.9 Å². The van der Waals surface area contributed by atoms with E-state index in [0.717, 1.165) is 0 Å². The molecule has 0 fully saturated rings. The van der Waals surface area contributed by atoms with Crippen molar-refractivity contribution in [3.05, 3.63) is 0 Å². The van der Waals surface area contributed by atoms with Gasteiger partial charge in [-0.15, -0.1) is 0 Å². The zero-order valence-electron chi connectivity index (χ0n) is 4.12. The molecule has 0 saturated heterocycles. The Labute approximate surface area is 48.0 Å². The lowest BCUT2D eigenvalue weighted by Crippen LogP contribution is -1.78. The Balaban J connectivity index is 3.36. The second-order valence-corrected chi connectivity index (χ2v) is 4.20. The minimum atomic E-state index is -2.46. The highest BCUT2D eigenvalue weighted by Crippen LogP contribution is 2.37. The first-order chi connectivity index (χ1) is 3.06.